The van der Waals surface area contributed by atoms with E-state index in [-0.39, 0.29) is 11.7 Å². The molecule has 3 heteroatoms. The van der Waals surface area contributed by atoms with Gasteiger partial charge in [-0.15, -0.1) is 0 Å². The molecule has 1 heterocycles. The second kappa shape index (κ2) is 3.54. The minimum absolute atomic E-state index is 0.255. The van der Waals surface area contributed by atoms with Gasteiger partial charge in [-0.1, -0.05) is 0 Å². The summed E-state index contributed by atoms with van der Waals surface area (Å²) in [5.74, 6) is 0. The Morgan fingerprint density at radius 3 is 2.54 bits per heavy atom. The molecule has 78 valence electrons. The Kier molecular flexibility index (Phi) is 2.98. The fourth-order valence-corrected chi connectivity index (χ4v) is 1.59. The average Bonchev–Trinajstić information content (AvgIpc) is 1.91. The molecule has 0 spiro atoms. The van der Waals surface area contributed by atoms with Gasteiger partial charge in [0, 0.05) is 6.54 Å². The topological polar surface area (TPSA) is 21.3 Å². The van der Waals surface area contributed by atoms with Gasteiger partial charge in [0.2, 0.25) is 0 Å². The molecular formula is C10H20FNO. The maximum atomic E-state index is 13.9. The zero-order valence-corrected chi connectivity index (χ0v) is 8.98. The minimum Gasteiger partial charge on any atom is -0.369 e. The van der Waals surface area contributed by atoms with Gasteiger partial charge in [-0.3, -0.25) is 0 Å². The summed E-state index contributed by atoms with van der Waals surface area (Å²) in [5.41, 5.74) is -1.49. The van der Waals surface area contributed by atoms with Crippen LogP contribution in [-0.2, 0) is 4.74 Å². The second-order valence-electron chi connectivity index (χ2n) is 4.96. The molecule has 0 aromatic rings. The summed E-state index contributed by atoms with van der Waals surface area (Å²) in [6.45, 7) is 8.74. The van der Waals surface area contributed by atoms with Crippen molar-refractivity contribution in [2.24, 2.45) is 0 Å². The molecule has 0 bridgehead atoms. The van der Waals surface area contributed by atoms with Gasteiger partial charge < -0.3 is 10.1 Å². The molecule has 13 heavy (non-hydrogen) atoms. The van der Waals surface area contributed by atoms with E-state index in [0.717, 1.165) is 13.0 Å². The summed E-state index contributed by atoms with van der Waals surface area (Å²) in [5, 5.41) is 3.04. The van der Waals surface area contributed by atoms with Gasteiger partial charge in [-0.2, -0.15) is 0 Å². The van der Waals surface area contributed by atoms with Crippen LogP contribution < -0.4 is 5.32 Å². The van der Waals surface area contributed by atoms with Gasteiger partial charge in [0.25, 0.3) is 0 Å². The summed E-state index contributed by atoms with van der Waals surface area (Å²) in [7, 11) is 0. The second-order valence-corrected chi connectivity index (χ2v) is 4.96. The molecule has 2 atom stereocenters. The number of alkyl halides is 1. The summed E-state index contributed by atoms with van der Waals surface area (Å²) >= 11 is 0. The highest BCUT2D eigenvalue weighted by Gasteiger charge is 2.39. The van der Waals surface area contributed by atoms with E-state index in [1.807, 2.05) is 20.8 Å². The number of rotatable bonds is 1. The Labute approximate surface area is 79.8 Å². The maximum absolute atomic E-state index is 13.9. The van der Waals surface area contributed by atoms with Crippen molar-refractivity contribution in [3.63, 3.8) is 0 Å². The molecule has 1 rings (SSSR count). The molecule has 0 aliphatic carbocycles. The summed E-state index contributed by atoms with van der Waals surface area (Å²) in [6.07, 6.45) is 0.485. The standard InChI is InChI=1S/C10H20FNO/c1-9(2,3)13-8-5-6-12-7-10(8,4)11/h8,12H,5-7H2,1-4H3. The zero-order chi connectivity index (χ0) is 10.1. The summed E-state index contributed by atoms with van der Waals surface area (Å²) in [6, 6.07) is 0. The van der Waals surface area contributed by atoms with Crippen LogP contribution in [0.15, 0.2) is 0 Å². The average molecular weight is 189 g/mol. The van der Waals surface area contributed by atoms with E-state index in [4.69, 9.17) is 4.74 Å². The molecule has 1 aliphatic rings. The van der Waals surface area contributed by atoms with Gasteiger partial charge in [-0.25, -0.2) is 4.39 Å². The monoisotopic (exact) mass is 189 g/mol. The van der Waals surface area contributed by atoms with Crippen molar-refractivity contribution in [3.05, 3.63) is 0 Å². The first kappa shape index (κ1) is 10.9. The van der Waals surface area contributed by atoms with Crippen LogP contribution in [0.5, 0.6) is 0 Å². The molecule has 0 radical (unpaired) electrons. The van der Waals surface area contributed by atoms with Crippen molar-refractivity contribution in [2.75, 3.05) is 13.1 Å². The van der Waals surface area contributed by atoms with Crippen LogP contribution >= 0.6 is 0 Å². The smallest absolute Gasteiger partial charge is 0.146 e. The van der Waals surface area contributed by atoms with Crippen LogP contribution in [0.3, 0.4) is 0 Å². The highest BCUT2D eigenvalue weighted by atomic mass is 19.1. The molecule has 0 aromatic carbocycles. The third-order valence-electron chi connectivity index (χ3n) is 2.22. The van der Waals surface area contributed by atoms with Crippen LogP contribution in [0.25, 0.3) is 0 Å². The molecule has 0 aromatic heterocycles. The van der Waals surface area contributed by atoms with E-state index in [1.165, 1.54) is 0 Å². The lowest BCUT2D eigenvalue weighted by molar-refractivity contribution is -0.133. The third-order valence-corrected chi connectivity index (χ3v) is 2.22. The van der Waals surface area contributed by atoms with E-state index in [1.54, 1.807) is 6.92 Å². The predicted molar refractivity (Wildman–Crippen MR) is 51.6 cm³/mol. The Morgan fingerprint density at radius 2 is 2.08 bits per heavy atom. The molecule has 1 aliphatic heterocycles. The Hall–Kier alpha value is -0.150. The number of ether oxygens (including phenoxy) is 1. The Bertz CT molecular complexity index is 174. The summed E-state index contributed by atoms with van der Waals surface area (Å²) < 4.78 is 19.6. The van der Waals surface area contributed by atoms with Crippen molar-refractivity contribution in [1.29, 1.82) is 0 Å². The molecule has 2 unspecified atom stereocenters. The van der Waals surface area contributed by atoms with Gasteiger partial charge >= 0.3 is 0 Å². The van der Waals surface area contributed by atoms with Crippen LogP contribution in [0.4, 0.5) is 4.39 Å². The van der Waals surface area contributed by atoms with E-state index in [2.05, 4.69) is 5.32 Å². The van der Waals surface area contributed by atoms with Crippen molar-refractivity contribution in [1.82, 2.24) is 5.32 Å². The molecule has 1 fully saturated rings. The molecule has 0 saturated carbocycles. The van der Waals surface area contributed by atoms with E-state index in [0.29, 0.717) is 6.54 Å². The van der Waals surface area contributed by atoms with E-state index < -0.39 is 5.67 Å². The summed E-state index contributed by atoms with van der Waals surface area (Å²) in [4.78, 5) is 0. The number of hydrogen-bond donors (Lipinski definition) is 1. The Balaban J connectivity index is 2.56. The lowest BCUT2D eigenvalue weighted by atomic mass is 9.94. The predicted octanol–water partition coefficient (Wildman–Crippen LogP) is 1.89. The van der Waals surface area contributed by atoms with Crippen molar-refractivity contribution >= 4 is 0 Å². The first-order chi connectivity index (χ1) is 5.81. The van der Waals surface area contributed by atoms with E-state index in [9.17, 15) is 4.39 Å². The SMILES string of the molecule is CC(C)(C)OC1CCNCC1(C)F. The van der Waals surface area contributed by atoms with Crippen LogP contribution in [-0.4, -0.2) is 30.5 Å². The van der Waals surface area contributed by atoms with Gasteiger partial charge in [0.15, 0.2) is 0 Å². The molecule has 1 N–H and O–H groups in total. The van der Waals surface area contributed by atoms with Crippen molar-refractivity contribution in [2.45, 2.75) is 51.5 Å². The zero-order valence-electron chi connectivity index (χ0n) is 8.98. The normalized spacial score (nSPS) is 36.2. The fourth-order valence-electron chi connectivity index (χ4n) is 1.59. The van der Waals surface area contributed by atoms with Crippen LogP contribution in [0, 0.1) is 0 Å². The number of nitrogens with one attached hydrogen (secondary N) is 1. The lowest BCUT2D eigenvalue weighted by Gasteiger charge is -2.39. The molecule has 1 saturated heterocycles. The molecular weight excluding hydrogens is 169 g/mol. The Morgan fingerprint density at radius 1 is 1.46 bits per heavy atom. The highest BCUT2D eigenvalue weighted by Crippen LogP contribution is 2.27. The molecule has 2 nitrogen and oxygen atoms in total. The van der Waals surface area contributed by atoms with Gasteiger partial charge in [0.1, 0.15) is 5.67 Å². The lowest BCUT2D eigenvalue weighted by Crippen LogP contribution is -2.53. The van der Waals surface area contributed by atoms with Crippen LogP contribution in [0.1, 0.15) is 34.1 Å². The highest BCUT2D eigenvalue weighted by molar-refractivity contribution is 4.91. The minimum atomic E-state index is -1.23. The first-order valence-corrected chi connectivity index (χ1v) is 4.89. The largest absolute Gasteiger partial charge is 0.369 e. The number of hydrogen-bond acceptors (Lipinski definition) is 2. The number of piperidine rings is 1. The quantitative estimate of drug-likeness (QED) is 0.680. The third kappa shape index (κ3) is 3.24. The van der Waals surface area contributed by atoms with Crippen molar-refractivity contribution < 1.29 is 9.13 Å². The molecule has 0 amide bonds. The first-order valence-electron chi connectivity index (χ1n) is 4.89. The van der Waals surface area contributed by atoms with Crippen molar-refractivity contribution in [3.8, 4) is 0 Å². The fraction of sp³-hybridized carbons (Fsp3) is 1.00. The van der Waals surface area contributed by atoms with Gasteiger partial charge in [0.05, 0.1) is 11.7 Å². The van der Waals surface area contributed by atoms with E-state index >= 15 is 0 Å². The van der Waals surface area contributed by atoms with Gasteiger partial charge in [-0.05, 0) is 40.7 Å². The van der Waals surface area contributed by atoms with Crippen LogP contribution in [0.2, 0.25) is 0 Å². The number of halogens is 1. The maximum Gasteiger partial charge on any atom is 0.146 e.